The molecule has 1 fully saturated rings. The van der Waals surface area contributed by atoms with E-state index in [0.717, 1.165) is 48.0 Å². The third-order valence-corrected chi connectivity index (χ3v) is 7.73. The maximum Gasteiger partial charge on any atom is 0.319 e. The van der Waals surface area contributed by atoms with E-state index in [-0.39, 0.29) is 17.9 Å². The zero-order valence-corrected chi connectivity index (χ0v) is 18.0. The number of esters is 1. The highest BCUT2D eigenvalue weighted by atomic mass is 16.5. The number of hydrogen-bond acceptors (Lipinski definition) is 6. The highest BCUT2D eigenvalue weighted by Crippen LogP contribution is 2.57. The monoisotopic (exact) mass is 414 g/mol. The molecular weight excluding hydrogens is 384 g/mol. The minimum atomic E-state index is -0.803. The van der Waals surface area contributed by atoms with Crippen LogP contribution in [0.15, 0.2) is 12.1 Å². The van der Waals surface area contributed by atoms with E-state index in [2.05, 4.69) is 12.2 Å². The highest BCUT2D eigenvalue weighted by Gasteiger charge is 2.62. The molecule has 30 heavy (non-hydrogen) atoms. The standard InChI is InChI=1S/C23H30N2O5/c1-5-12-8-13-11-23(22(27)30-4)19(12)24-7-6-14-15-9-17(28-2)18(29-3)10-16(15)25(20(14)23)21(13)26/h9-10,12-13,19,21,24,26H,5-8,11H2,1-4H3/t12-,13+,19-,21+,23-/m0/s1. The van der Waals surface area contributed by atoms with Crippen molar-refractivity contribution in [3.63, 3.8) is 0 Å². The van der Waals surface area contributed by atoms with Crippen LogP contribution < -0.4 is 14.8 Å². The molecular formula is C23H30N2O5. The van der Waals surface area contributed by atoms with Crippen LogP contribution in [-0.4, -0.2) is 49.6 Å². The summed E-state index contributed by atoms with van der Waals surface area (Å²) in [6.45, 7) is 2.95. The lowest BCUT2D eigenvalue weighted by Gasteiger charge is -2.53. The Kier molecular flexibility index (Phi) is 4.52. The van der Waals surface area contributed by atoms with Crippen molar-refractivity contribution in [1.82, 2.24) is 9.88 Å². The van der Waals surface area contributed by atoms with Gasteiger partial charge in [0.25, 0.3) is 0 Å². The van der Waals surface area contributed by atoms with Crippen molar-refractivity contribution in [3.05, 3.63) is 23.4 Å². The molecule has 0 spiro atoms. The predicted octanol–water partition coefficient (Wildman–Crippen LogP) is 2.52. The van der Waals surface area contributed by atoms with E-state index in [4.69, 9.17) is 14.2 Å². The largest absolute Gasteiger partial charge is 0.493 e. The SMILES string of the molecule is CC[C@H]1C[C@@H]2C[C@@]3(C(=O)OC)c4c(c5cc(OC)c(OC)cc5n4[C@@H]2O)CCN[C@@H]13. The Labute approximate surface area is 176 Å². The quantitative estimate of drug-likeness (QED) is 0.749. The second-order valence-corrected chi connectivity index (χ2v) is 8.85. The molecule has 3 aliphatic rings. The number of aliphatic hydroxyl groups is 1. The maximum atomic E-state index is 13.5. The van der Waals surface area contributed by atoms with E-state index in [1.54, 1.807) is 14.2 Å². The highest BCUT2D eigenvalue weighted by molar-refractivity contribution is 5.94. The first kappa shape index (κ1) is 19.7. The molecule has 3 heterocycles. The number of hydrogen-bond donors (Lipinski definition) is 2. The van der Waals surface area contributed by atoms with Crippen LogP contribution in [0.5, 0.6) is 11.5 Å². The summed E-state index contributed by atoms with van der Waals surface area (Å²) < 4.78 is 18.5. The van der Waals surface area contributed by atoms with Gasteiger partial charge >= 0.3 is 5.97 Å². The molecule has 2 bridgehead atoms. The molecule has 1 aliphatic carbocycles. The Balaban J connectivity index is 1.90. The fourth-order valence-electron chi connectivity index (χ4n) is 6.53. The van der Waals surface area contributed by atoms with Gasteiger partial charge < -0.3 is 29.2 Å². The third-order valence-electron chi connectivity index (χ3n) is 7.73. The lowest BCUT2D eigenvalue weighted by molar-refractivity contribution is -0.158. The van der Waals surface area contributed by atoms with Gasteiger partial charge in [-0.3, -0.25) is 4.79 Å². The Bertz CT molecular complexity index is 1010. The fourth-order valence-corrected chi connectivity index (χ4v) is 6.53. The Morgan fingerprint density at radius 3 is 2.67 bits per heavy atom. The van der Waals surface area contributed by atoms with Gasteiger partial charge in [0.15, 0.2) is 11.5 Å². The number of aliphatic hydroxyl groups excluding tert-OH is 1. The van der Waals surface area contributed by atoms with Crippen LogP contribution in [0.3, 0.4) is 0 Å². The average molecular weight is 415 g/mol. The van der Waals surface area contributed by atoms with Gasteiger partial charge in [0.05, 0.1) is 26.8 Å². The molecule has 0 saturated heterocycles. The fraction of sp³-hybridized carbons (Fsp3) is 0.609. The molecule has 5 atom stereocenters. The van der Waals surface area contributed by atoms with Gasteiger partial charge in [-0.15, -0.1) is 0 Å². The van der Waals surface area contributed by atoms with Crippen molar-refractivity contribution in [2.45, 2.75) is 50.3 Å². The van der Waals surface area contributed by atoms with E-state index >= 15 is 0 Å². The summed E-state index contributed by atoms with van der Waals surface area (Å²) in [7, 11) is 4.71. The number of nitrogens with zero attached hydrogens (tertiary/aromatic N) is 1. The molecule has 2 aromatic rings. The number of methoxy groups -OCH3 is 3. The molecule has 7 nitrogen and oxygen atoms in total. The number of carbonyl (C=O) groups is 1. The van der Waals surface area contributed by atoms with Crippen LogP contribution in [0.2, 0.25) is 0 Å². The molecule has 5 rings (SSSR count). The van der Waals surface area contributed by atoms with Gasteiger partial charge in [-0.25, -0.2) is 0 Å². The van der Waals surface area contributed by atoms with Crippen LogP contribution in [0.25, 0.3) is 10.9 Å². The molecule has 0 amide bonds. The summed E-state index contributed by atoms with van der Waals surface area (Å²) in [4.78, 5) is 13.5. The minimum absolute atomic E-state index is 0.00533. The second-order valence-electron chi connectivity index (χ2n) is 8.85. The molecule has 7 heteroatoms. The lowest BCUT2D eigenvalue weighted by Crippen LogP contribution is -2.63. The van der Waals surface area contributed by atoms with Crippen molar-refractivity contribution in [1.29, 1.82) is 0 Å². The summed E-state index contributed by atoms with van der Waals surface area (Å²) in [5, 5.41) is 16.2. The molecule has 2 aliphatic heterocycles. The Morgan fingerprint density at radius 2 is 2.00 bits per heavy atom. The van der Waals surface area contributed by atoms with Gasteiger partial charge in [0.1, 0.15) is 11.6 Å². The van der Waals surface area contributed by atoms with Crippen LogP contribution in [0.4, 0.5) is 0 Å². The van der Waals surface area contributed by atoms with Crippen molar-refractivity contribution >= 4 is 16.9 Å². The van der Waals surface area contributed by atoms with Crippen molar-refractivity contribution < 1.29 is 24.1 Å². The summed E-state index contributed by atoms with van der Waals surface area (Å²) in [5.41, 5.74) is 2.10. The number of fused-ring (bicyclic) bond motifs is 4. The van der Waals surface area contributed by atoms with Crippen molar-refractivity contribution in [2.24, 2.45) is 11.8 Å². The van der Waals surface area contributed by atoms with Gasteiger partial charge in [0, 0.05) is 29.1 Å². The zero-order valence-electron chi connectivity index (χ0n) is 18.0. The average Bonchev–Trinajstić information content (AvgIpc) is 2.97. The molecule has 2 N–H and O–H groups in total. The van der Waals surface area contributed by atoms with Crippen molar-refractivity contribution in [3.8, 4) is 11.5 Å². The van der Waals surface area contributed by atoms with Crippen LogP contribution in [0.1, 0.15) is 43.7 Å². The first-order valence-corrected chi connectivity index (χ1v) is 10.8. The lowest BCUT2D eigenvalue weighted by atomic mass is 9.57. The van der Waals surface area contributed by atoms with E-state index in [1.165, 1.54) is 7.11 Å². The number of aromatic nitrogens is 1. The number of carbonyl (C=O) groups excluding carboxylic acids is 1. The Hall–Kier alpha value is -2.25. The number of benzene rings is 1. The summed E-state index contributed by atoms with van der Waals surface area (Å²) in [5.74, 6) is 1.36. The molecule has 1 saturated carbocycles. The number of nitrogens with one attached hydrogen (secondary N) is 1. The second kappa shape index (κ2) is 6.89. The van der Waals surface area contributed by atoms with Gasteiger partial charge in [0.2, 0.25) is 0 Å². The van der Waals surface area contributed by atoms with Gasteiger partial charge in [-0.05, 0) is 43.4 Å². The number of rotatable bonds is 4. The summed E-state index contributed by atoms with van der Waals surface area (Å²) >= 11 is 0. The van der Waals surface area contributed by atoms with Gasteiger partial charge in [-0.1, -0.05) is 13.3 Å². The van der Waals surface area contributed by atoms with Crippen LogP contribution in [0, 0.1) is 11.8 Å². The van der Waals surface area contributed by atoms with Crippen molar-refractivity contribution in [2.75, 3.05) is 27.9 Å². The minimum Gasteiger partial charge on any atom is -0.493 e. The van der Waals surface area contributed by atoms with Crippen LogP contribution in [-0.2, 0) is 21.4 Å². The van der Waals surface area contributed by atoms with Crippen LogP contribution >= 0.6 is 0 Å². The Morgan fingerprint density at radius 1 is 1.27 bits per heavy atom. The summed E-state index contributed by atoms with van der Waals surface area (Å²) in [6, 6.07) is 3.90. The van der Waals surface area contributed by atoms with E-state index in [9.17, 15) is 9.90 Å². The maximum absolute atomic E-state index is 13.5. The normalized spacial score (nSPS) is 31.9. The first-order valence-electron chi connectivity index (χ1n) is 10.8. The first-order chi connectivity index (χ1) is 14.5. The molecule has 0 unspecified atom stereocenters. The smallest absolute Gasteiger partial charge is 0.319 e. The van der Waals surface area contributed by atoms with Gasteiger partial charge in [-0.2, -0.15) is 0 Å². The summed E-state index contributed by atoms with van der Waals surface area (Å²) in [6.07, 6.45) is 2.54. The van der Waals surface area contributed by atoms with E-state index in [0.29, 0.717) is 23.8 Å². The topological polar surface area (TPSA) is 82.0 Å². The molecule has 0 radical (unpaired) electrons. The molecule has 1 aromatic heterocycles. The van der Waals surface area contributed by atoms with E-state index < -0.39 is 11.6 Å². The third kappa shape index (κ3) is 2.30. The number of ether oxygens (including phenoxy) is 3. The zero-order chi connectivity index (χ0) is 21.2. The van der Waals surface area contributed by atoms with E-state index in [1.807, 2.05) is 16.7 Å². The molecule has 1 aromatic carbocycles. The molecule has 162 valence electrons. The predicted molar refractivity (Wildman–Crippen MR) is 112 cm³/mol.